The van der Waals surface area contributed by atoms with E-state index in [0.29, 0.717) is 22.2 Å². The maximum absolute atomic E-state index is 12.1. The quantitative estimate of drug-likeness (QED) is 0.832. The third kappa shape index (κ3) is 5.44. The van der Waals surface area contributed by atoms with Gasteiger partial charge in [-0.05, 0) is 25.5 Å². The second-order valence-corrected chi connectivity index (χ2v) is 5.35. The molecule has 116 valence electrons. The van der Waals surface area contributed by atoms with E-state index in [-0.39, 0.29) is 19.2 Å². The van der Waals surface area contributed by atoms with Crippen LogP contribution in [0.1, 0.15) is 20.3 Å². The first-order valence-corrected chi connectivity index (χ1v) is 7.19. The van der Waals surface area contributed by atoms with Crippen LogP contribution in [0.15, 0.2) is 18.2 Å². The molecule has 1 rings (SSSR count). The van der Waals surface area contributed by atoms with Crippen molar-refractivity contribution in [3.63, 3.8) is 0 Å². The van der Waals surface area contributed by atoms with E-state index in [1.165, 1.54) is 11.0 Å². The number of carboxylic acids is 1. The molecule has 0 saturated carbocycles. The molecule has 0 heterocycles. The van der Waals surface area contributed by atoms with Crippen LogP contribution in [0.2, 0.25) is 10.0 Å². The van der Waals surface area contributed by atoms with Gasteiger partial charge in [0, 0.05) is 12.1 Å². The number of carboxylic acid groups (broad SMARTS) is 1. The second-order valence-electron chi connectivity index (χ2n) is 4.54. The summed E-state index contributed by atoms with van der Waals surface area (Å²) >= 11 is 11.6. The average molecular weight is 334 g/mol. The van der Waals surface area contributed by atoms with E-state index in [2.05, 4.69) is 0 Å². The molecule has 0 bridgehead atoms. The lowest BCUT2D eigenvalue weighted by molar-refractivity contribution is -0.147. The molecule has 0 fully saturated rings. The fourth-order valence-corrected chi connectivity index (χ4v) is 1.94. The summed E-state index contributed by atoms with van der Waals surface area (Å²) in [6.07, 6.45) is 0.659. The van der Waals surface area contributed by atoms with Gasteiger partial charge in [0.05, 0.1) is 10.0 Å². The highest BCUT2D eigenvalue weighted by Crippen LogP contribution is 2.26. The van der Waals surface area contributed by atoms with Gasteiger partial charge in [0.1, 0.15) is 12.3 Å². The van der Waals surface area contributed by atoms with Gasteiger partial charge in [-0.3, -0.25) is 9.59 Å². The Kier molecular flexibility index (Phi) is 6.78. The standard InChI is InChI=1S/C14H17Cl2NO4/c1-3-9(2)17(7-14(19)20)13(18)8-21-10-4-5-11(15)12(16)6-10/h4-6,9H,3,7-8H2,1-2H3,(H,19,20). The fourth-order valence-electron chi connectivity index (χ4n) is 1.65. The Morgan fingerprint density at radius 1 is 1.33 bits per heavy atom. The van der Waals surface area contributed by atoms with Crippen molar-refractivity contribution in [1.82, 2.24) is 4.90 Å². The van der Waals surface area contributed by atoms with Crippen molar-refractivity contribution in [2.24, 2.45) is 0 Å². The molecule has 1 N–H and O–H groups in total. The summed E-state index contributed by atoms with van der Waals surface area (Å²) in [5.41, 5.74) is 0. The van der Waals surface area contributed by atoms with E-state index >= 15 is 0 Å². The van der Waals surface area contributed by atoms with Crippen LogP contribution in [0.25, 0.3) is 0 Å². The van der Waals surface area contributed by atoms with E-state index in [1.807, 2.05) is 6.92 Å². The van der Waals surface area contributed by atoms with Crippen molar-refractivity contribution in [1.29, 1.82) is 0 Å². The monoisotopic (exact) mass is 333 g/mol. The van der Waals surface area contributed by atoms with Crippen molar-refractivity contribution in [3.05, 3.63) is 28.2 Å². The Labute approximate surface area is 133 Å². The maximum atomic E-state index is 12.1. The highest BCUT2D eigenvalue weighted by atomic mass is 35.5. The van der Waals surface area contributed by atoms with E-state index in [1.54, 1.807) is 19.1 Å². The summed E-state index contributed by atoms with van der Waals surface area (Å²) in [6, 6.07) is 4.48. The molecule has 21 heavy (non-hydrogen) atoms. The molecule has 0 aliphatic carbocycles. The van der Waals surface area contributed by atoms with Gasteiger partial charge >= 0.3 is 5.97 Å². The lowest BCUT2D eigenvalue weighted by Gasteiger charge is -2.26. The molecule has 0 aliphatic rings. The molecule has 0 aromatic heterocycles. The van der Waals surface area contributed by atoms with Gasteiger partial charge in [-0.2, -0.15) is 0 Å². The van der Waals surface area contributed by atoms with Crippen LogP contribution >= 0.6 is 23.2 Å². The predicted octanol–water partition coefficient (Wildman–Crippen LogP) is 3.08. The molecule has 1 aromatic rings. The zero-order valence-electron chi connectivity index (χ0n) is 11.8. The Bertz CT molecular complexity index is 522. The lowest BCUT2D eigenvalue weighted by atomic mass is 10.2. The Balaban J connectivity index is 2.68. The zero-order chi connectivity index (χ0) is 16.0. The average Bonchev–Trinajstić information content (AvgIpc) is 2.44. The number of aliphatic carboxylic acids is 1. The minimum atomic E-state index is -1.06. The molecule has 1 atom stereocenters. The van der Waals surface area contributed by atoms with Gasteiger partial charge in [-0.15, -0.1) is 0 Å². The third-order valence-corrected chi connectivity index (χ3v) is 3.74. The SMILES string of the molecule is CCC(C)N(CC(=O)O)C(=O)COc1ccc(Cl)c(Cl)c1. The topological polar surface area (TPSA) is 66.8 Å². The number of ether oxygens (including phenoxy) is 1. The molecule has 0 spiro atoms. The summed E-state index contributed by atoms with van der Waals surface area (Å²) in [7, 11) is 0. The molecular weight excluding hydrogens is 317 g/mol. The third-order valence-electron chi connectivity index (χ3n) is 3.00. The summed E-state index contributed by atoms with van der Waals surface area (Å²) in [4.78, 5) is 24.2. The Morgan fingerprint density at radius 3 is 2.52 bits per heavy atom. The normalized spacial score (nSPS) is 11.8. The van der Waals surface area contributed by atoms with Gasteiger partial charge in [0.2, 0.25) is 0 Å². The molecule has 7 heteroatoms. The number of hydrogen-bond acceptors (Lipinski definition) is 3. The number of halogens is 2. The molecular formula is C14H17Cl2NO4. The number of benzene rings is 1. The second kappa shape index (κ2) is 8.10. The fraction of sp³-hybridized carbons (Fsp3) is 0.429. The minimum absolute atomic E-state index is 0.175. The molecule has 5 nitrogen and oxygen atoms in total. The van der Waals surface area contributed by atoms with Gasteiger partial charge in [-0.1, -0.05) is 30.1 Å². The molecule has 1 amide bonds. The van der Waals surface area contributed by atoms with Gasteiger partial charge < -0.3 is 14.7 Å². The van der Waals surface area contributed by atoms with Crippen molar-refractivity contribution < 1.29 is 19.4 Å². The lowest BCUT2D eigenvalue weighted by Crippen LogP contribution is -2.44. The first-order chi connectivity index (χ1) is 9.85. The largest absolute Gasteiger partial charge is 0.484 e. The number of hydrogen-bond donors (Lipinski definition) is 1. The molecule has 0 saturated heterocycles. The highest BCUT2D eigenvalue weighted by molar-refractivity contribution is 6.42. The Hall–Kier alpha value is -1.46. The van der Waals surface area contributed by atoms with E-state index in [4.69, 9.17) is 33.0 Å². The van der Waals surface area contributed by atoms with Crippen LogP contribution in [-0.2, 0) is 9.59 Å². The van der Waals surface area contributed by atoms with Crippen molar-refractivity contribution in [2.75, 3.05) is 13.2 Å². The van der Waals surface area contributed by atoms with Gasteiger partial charge in [0.25, 0.3) is 5.91 Å². The van der Waals surface area contributed by atoms with Crippen LogP contribution < -0.4 is 4.74 Å². The maximum Gasteiger partial charge on any atom is 0.323 e. The van der Waals surface area contributed by atoms with Crippen LogP contribution in [-0.4, -0.2) is 41.1 Å². The van der Waals surface area contributed by atoms with Crippen molar-refractivity contribution in [2.45, 2.75) is 26.3 Å². The number of nitrogens with zero attached hydrogens (tertiary/aromatic N) is 1. The van der Waals surface area contributed by atoms with E-state index in [9.17, 15) is 9.59 Å². The zero-order valence-corrected chi connectivity index (χ0v) is 13.3. The van der Waals surface area contributed by atoms with Crippen LogP contribution in [0.3, 0.4) is 0 Å². The summed E-state index contributed by atoms with van der Waals surface area (Å²) in [6.45, 7) is 3.07. The summed E-state index contributed by atoms with van der Waals surface area (Å²) in [5, 5.41) is 9.58. The number of rotatable bonds is 7. The number of carbonyl (C=O) groups excluding carboxylic acids is 1. The smallest absolute Gasteiger partial charge is 0.323 e. The van der Waals surface area contributed by atoms with E-state index < -0.39 is 11.9 Å². The highest BCUT2D eigenvalue weighted by Gasteiger charge is 2.21. The van der Waals surface area contributed by atoms with Crippen LogP contribution in [0, 0.1) is 0 Å². The molecule has 1 unspecified atom stereocenters. The van der Waals surface area contributed by atoms with Gasteiger partial charge in [-0.25, -0.2) is 0 Å². The molecule has 0 radical (unpaired) electrons. The summed E-state index contributed by atoms with van der Waals surface area (Å²) in [5.74, 6) is -1.05. The molecule has 0 aliphatic heterocycles. The van der Waals surface area contributed by atoms with Crippen molar-refractivity contribution in [3.8, 4) is 5.75 Å². The van der Waals surface area contributed by atoms with Crippen LogP contribution in [0.5, 0.6) is 5.75 Å². The minimum Gasteiger partial charge on any atom is -0.484 e. The summed E-state index contributed by atoms with van der Waals surface area (Å²) < 4.78 is 5.33. The number of amides is 1. The Morgan fingerprint density at radius 2 is 2.00 bits per heavy atom. The van der Waals surface area contributed by atoms with Crippen LogP contribution in [0.4, 0.5) is 0 Å². The predicted molar refractivity (Wildman–Crippen MR) is 81.1 cm³/mol. The van der Waals surface area contributed by atoms with Crippen molar-refractivity contribution >= 4 is 35.1 Å². The first-order valence-electron chi connectivity index (χ1n) is 6.44. The number of carbonyl (C=O) groups is 2. The van der Waals surface area contributed by atoms with Gasteiger partial charge in [0.15, 0.2) is 6.61 Å². The first kappa shape index (κ1) is 17.6. The van der Waals surface area contributed by atoms with E-state index in [0.717, 1.165) is 0 Å². The molecule has 1 aromatic carbocycles.